The van der Waals surface area contributed by atoms with E-state index in [1.165, 1.54) is 10.7 Å². The average Bonchev–Trinajstić information content (AvgIpc) is 3.52. The predicted molar refractivity (Wildman–Crippen MR) is 116 cm³/mol. The van der Waals surface area contributed by atoms with Crippen LogP contribution in [0.3, 0.4) is 0 Å². The van der Waals surface area contributed by atoms with Crippen molar-refractivity contribution in [3.05, 3.63) is 64.9 Å². The number of methoxy groups -OCH3 is 1. The molecule has 2 aliphatic rings. The molecule has 0 aromatic carbocycles. The minimum absolute atomic E-state index is 0.0690. The van der Waals surface area contributed by atoms with Crippen LogP contribution in [-0.2, 0) is 11.8 Å². The molecule has 2 aliphatic carbocycles. The van der Waals surface area contributed by atoms with E-state index >= 15 is 0 Å². The summed E-state index contributed by atoms with van der Waals surface area (Å²) in [7, 11) is 3.16. The molecule has 0 spiro atoms. The third-order valence-electron chi connectivity index (χ3n) is 6.10. The van der Waals surface area contributed by atoms with Crippen molar-refractivity contribution in [3.8, 4) is 11.5 Å². The first kappa shape index (κ1) is 20.8. The number of allylic oxidation sites excluding steroid dienone is 4. The Morgan fingerprint density at radius 2 is 2.16 bits per heavy atom. The standard InChI is InChI=1S/C23H26N4O4/c1-15-20(10-21(28)27(2)26-15)31-14-23(16-7-5-4-6-8-16)11-19(23)22(29)25-17-9-18(30-3)13-24-12-17/h4-7,9-10,12-13,16,19H,8,11,14H2,1-3H3,(H,25,29)/t16?,19-,23+/m0/s1. The Bertz CT molecular complexity index is 1110. The van der Waals surface area contributed by atoms with Crippen LogP contribution < -0.4 is 20.3 Å². The Hall–Kier alpha value is -3.42. The molecule has 8 heteroatoms. The van der Waals surface area contributed by atoms with Gasteiger partial charge in [-0.3, -0.25) is 14.6 Å². The van der Waals surface area contributed by atoms with E-state index in [0.29, 0.717) is 35.9 Å². The van der Waals surface area contributed by atoms with Crippen LogP contribution in [0, 0.1) is 24.2 Å². The van der Waals surface area contributed by atoms with Crippen molar-refractivity contribution in [1.29, 1.82) is 0 Å². The van der Waals surface area contributed by atoms with E-state index in [-0.39, 0.29) is 28.7 Å². The molecule has 162 valence electrons. The fourth-order valence-electron chi connectivity index (χ4n) is 4.18. The number of hydrogen-bond acceptors (Lipinski definition) is 6. The molecular formula is C23H26N4O4. The molecule has 1 unspecified atom stereocenters. The molecule has 8 nitrogen and oxygen atoms in total. The van der Waals surface area contributed by atoms with Gasteiger partial charge in [0, 0.05) is 30.5 Å². The van der Waals surface area contributed by atoms with Crippen LogP contribution in [0.2, 0.25) is 0 Å². The van der Waals surface area contributed by atoms with Crippen LogP contribution in [0.15, 0.2) is 53.6 Å². The van der Waals surface area contributed by atoms with E-state index < -0.39 is 0 Å². The van der Waals surface area contributed by atoms with Crippen molar-refractivity contribution in [2.45, 2.75) is 19.8 Å². The quantitative estimate of drug-likeness (QED) is 0.737. The maximum absolute atomic E-state index is 13.1. The number of carbonyl (C=O) groups is 1. The maximum Gasteiger partial charge on any atom is 0.270 e. The summed E-state index contributed by atoms with van der Waals surface area (Å²) in [6, 6.07) is 3.19. The van der Waals surface area contributed by atoms with Gasteiger partial charge in [-0.2, -0.15) is 5.10 Å². The Balaban J connectivity index is 1.52. The lowest BCUT2D eigenvalue weighted by Gasteiger charge is -2.26. The molecule has 1 N–H and O–H groups in total. The van der Waals surface area contributed by atoms with Gasteiger partial charge in [0.2, 0.25) is 5.91 Å². The largest absolute Gasteiger partial charge is 0.495 e. The molecule has 2 aromatic rings. The zero-order valence-electron chi connectivity index (χ0n) is 17.9. The van der Waals surface area contributed by atoms with E-state index in [4.69, 9.17) is 9.47 Å². The summed E-state index contributed by atoms with van der Waals surface area (Å²) < 4.78 is 12.5. The highest BCUT2D eigenvalue weighted by molar-refractivity contribution is 5.95. The molecule has 4 rings (SSSR count). The third-order valence-corrected chi connectivity index (χ3v) is 6.10. The van der Waals surface area contributed by atoms with Gasteiger partial charge in [-0.15, -0.1) is 0 Å². The molecule has 2 aromatic heterocycles. The number of hydrogen-bond donors (Lipinski definition) is 1. The summed E-state index contributed by atoms with van der Waals surface area (Å²) >= 11 is 0. The number of ether oxygens (including phenoxy) is 2. The molecular weight excluding hydrogens is 396 g/mol. The second-order valence-corrected chi connectivity index (χ2v) is 8.09. The minimum atomic E-state index is -0.342. The first-order valence-corrected chi connectivity index (χ1v) is 10.2. The molecule has 0 radical (unpaired) electrons. The van der Waals surface area contributed by atoms with E-state index in [9.17, 15) is 9.59 Å². The maximum atomic E-state index is 13.1. The molecule has 0 aliphatic heterocycles. The van der Waals surface area contributed by atoms with Gasteiger partial charge in [-0.1, -0.05) is 24.3 Å². The van der Waals surface area contributed by atoms with Crippen LogP contribution in [0.25, 0.3) is 0 Å². The number of anilines is 1. The molecule has 1 fully saturated rings. The average molecular weight is 422 g/mol. The zero-order valence-corrected chi connectivity index (χ0v) is 17.9. The van der Waals surface area contributed by atoms with Crippen molar-refractivity contribution < 1.29 is 14.3 Å². The molecule has 0 saturated heterocycles. The lowest BCUT2D eigenvalue weighted by atomic mass is 9.82. The monoisotopic (exact) mass is 422 g/mol. The van der Waals surface area contributed by atoms with Crippen molar-refractivity contribution in [3.63, 3.8) is 0 Å². The topological polar surface area (TPSA) is 95.3 Å². The van der Waals surface area contributed by atoms with Gasteiger partial charge in [0.1, 0.15) is 17.2 Å². The van der Waals surface area contributed by atoms with Gasteiger partial charge < -0.3 is 14.8 Å². The smallest absolute Gasteiger partial charge is 0.270 e. The number of aromatic nitrogens is 3. The highest BCUT2D eigenvalue weighted by atomic mass is 16.5. The number of aryl methyl sites for hydroxylation is 2. The van der Waals surface area contributed by atoms with Crippen molar-refractivity contribution in [2.75, 3.05) is 19.0 Å². The molecule has 1 saturated carbocycles. The lowest BCUT2D eigenvalue weighted by molar-refractivity contribution is -0.118. The number of nitrogens with zero attached hydrogens (tertiary/aromatic N) is 3. The fourth-order valence-corrected chi connectivity index (χ4v) is 4.18. The molecule has 0 bridgehead atoms. The second-order valence-electron chi connectivity index (χ2n) is 8.09. The van der Waals surface area contributed by atoms with Crippen molar-refractivity contribution in [2.24, 2.45) is 24.3 Å². The summed E-state index contributed by atoms with van der Waals surface area (Å²) in [5.41, 5.74) is 0.661. The van der Waals surface area contributed by atoms with Gasteiger partial charge in [0.15, 0.2) is 0 Å². The SMILES string of the molecule is COc1cncc(NC(=O)[C@@H]2C[C@@]2(COc2cc(=O)n(C)nc2C)C2C=CC=CC2)c1. The molecule has 1 amide bonds. The van der Waals surface area contributed by atoms with Crippen LogP contribution in [0.1, 0.15) is 18.5 Å². The number of carbonyl (C=O) groups excluding carboxylic acids is 1. The van der Waals surface area contributed by atoms with Gasteiger partial charge in [0.25, 0.3) is 5.56 Å². The van der Waals surface area contributed by atoms with E-state index in [2.05, 4.69) is 27.6 Å². The lowest BCUT2D eigenvalue weighted by Crippen LogP contribution is -2.30. The van der Waals surface area contributed by atoms with Gasteiger partial charge in [-0.25, -0.2) is 4.68 Å². The zero-order chi connectivity index (χ0) is 22.0. The highest BCUT2D eigenvalue weighted by Crippen LogP contribution is 2.60. The van der Waals surface area contributed by atoms with Crippen molar-refractivity contribution >= 4 is 11.6 Å². The number of pyridine rings is 1. The van der Waals surface area contributed by atoms with E-state index in [1.807, 2.05) is 12.2 Å². The Kier molecular flexibility index (Phi) is 5.63. The van der Waals surface area contributed by atoms with E-state index in [0.717, 1.165) is 6.42 Å². The minimum Gasteiger partial charge on any atom is -0.495 e. The van der Waals surface area contributed by atoms with Crippen molar-refractivity contribution in [1.82, 2.24) is 14.8 Å². The summed E-state index contributed by atoms with van der Waals surface area (Å²) in [5, 5.41) is 7.14. The molecule has 2 heterocycles. The Labute approximate surface area is 180 Å². The Morgan fingerprint density at radius 1 is 1.32 bits per heavy atom. The third kappa shape index (κ3) is 4.23. The number of rotatable bonds is 7. The number of amides is 1. The van der Waals surface area contributed by atoms with Crippen LogP contribution in [-0.4, -0.2) is 34.4 Å². The van der Waals surface area contributed by atoms with Crippen LogP contribution >= 0.6 is 0 Å². The van der Waals surface area contributed by atoms with Gasteiger partial charge >= 0.3 is 0 Å². The van der Waals surface area contributed by atoms with Gasteiger partial charge in [0.05, 0.1) is 31.8 Å². The van der Waals surface area contributed by atoms with Gasteiger partial charge in [-0.05, 0) is 25.7 Å². The predicted octanol–water partition coefficient (Wildman–Crippen LogP) is 2.65. The van der Waals surface area contributed by atoms with Crippen LogP contribution in [0.4, 0.5) is 5.69 Å². The number of nitrogens with one attached hydrogen (secondary N) is 1. The van der Waals surface area contributed by atoms with Crippen LogP contribution in [0.5, 0.6) is 11.5 Å². The molecule has 31 heavy (non-hydrogen) atoms. The summed E-state index contributed by atoms with van der Waals surface area (Å²) in [6.07, 6.45) is 13.0. The highest BCUT2D eigenvalue weighted by Gasteiger charge is 2.62. The second kappa shape index (κ2) is 8.37. The summed E-state index contributed by atoms with van der Waals surface area (Å²) in [5.74, 6) is 0.939. The summed E-state index contributed by atoms with van der Waals surface area (Å²) in [4.78, 5) is 29.1. The normalized spacial score (nSPS) is 24.0. The molecule has 3 atom stereocenters. The first-order valence-electron chi connectivity index (χ1n) is 10.2. The van der Waals surface area contributed by atoms with E-state index in [1.54, 1.807) is 39.5 Å². The summed E-state index contributed by atoms with van der Waals surface area (Å²) in [6.45, 7) is 2.14. The first-order chi connectivity index (χ1) is 14.9. The fraction of sp³-hybridized carbons (Fsp3) is 0.391. The Morgan fingerprint density at radius 3 is 2.90 bits per heavy atom.